The molecule has 3 fully saturated rings. The molecule has 23 heavy (non-hydrogen) atoms. The lowest BCUT2D eigenvalue weighted by atomic mass is 9.41. The summed E-state index contributed by atoms with van der Waals surface area (Å²) in [5, 5.41) is 32.1. The second kappa shape index (κ2) is 5.31. The monoisotopic (exact) mass is 322 g/mol. The first kappa shape index (κ1) is 17.4. The van der Waals surface area contributed by atoms with E-state index in [4.69, 9.17) is 0 Å². The maximum Gasteiger partial charge on any atom is 0.0781 e. The van der Waals surface area contributed by atoms with Crippen LogP contribution in [0.15, 0.2) is 12.7 Å². The van der Waals surface area contributed by atoms with Crippen molar-refractivity contribution in [2.75, 3.05) is 6.61 Å². The SMILES string of the molecule is C=CC1(C)CCC2(C)C(CCC3(O)C2CCC(O)C3(C)CO)C1. The van der Waals surface area contributed by atoms with Gasteiger partial charge in [0.1, 0.15) is 0 Å². The summed E-state index contributed by atoms with van der Waals surface area (Å²) in [6.07, 6.45) is 8.11. The van der Waals surface area contributed by atoms with Crippen LogP contribution in [0, 0.1) is 28.1 Å². The molecule has 7 unspecified atom stereocenters. The van der Waals surface area contributed by atoms with E-state index in [1.54, 1.807) is 0 Å². The largest absolute Gasteiger partial charge is 0.396 e. The summed E-state index contributed by atoms with van der Waals surface area (Å²) in [6, 6.07) is 0. The predicted molar refractivity (Wildman–Crippen MR) is 91.9 cm³/mol. The lowest BCUT2D eigenvalue weighted by Crippen LogP contribution is -2.69. The first-order valence-electron chi connectivity index (χ1n) is 9.30. The van der Waals surface area contributed by atoms with Crippen LogP contribution in [0.25, 0.3) is 0 Å². The van der Waals surface area contributed by atoms with E-state index in [1.807, 2.05) is 6.92 Å². The van der Waals surface area contributed by atoms with Crippen molar-refractivity contribution in [1.29, 1.82) is 0 Å². The molecule has 0 bridgehead atoms. The van der Waals surface area contributed by atoms with Crippen LogP contribution in [0.5, 0.6) is 0 Å². The Kier molecular flexibility index (Phi) is 4.02. The summed E-state index contributed by atoms with van der Waals surface area (Å²) in [5.41, 5.74) is -1.43. The van der Waals surface area contributed by atoms with Crippen LogP contribution in [0.4, 0.5) is 0 Å². The van der Waals surface area contributed by atoms with Crippen molar-refractivity contribution >= 4 is 0 Å². The van der Waals surface area contributed by atoms with Gasteiger partial charge in [-0.1, -0.05) is 26.8 Å². The zero-order valence-corrected chi connectivity index (χ0v) is 15.0. The van der Waals surface area contributed by atoms with Gasteiger partial charge >= 0.3 is 0 Å². The molecular formula is C20H34O3. The van der Waals surface area contributed by atoms with Gasteiger partial charge in [0.2, 0.25) is 0 Å². The van der Waals surface area contributed by atoms with Crippen LogP contribution in [-0.2, 0) is 0 Å². The summed E-state index contributed by atoms with van der Waals surface area (Å²) in [5.74, 6) is 0.770. The molecule has 3 saturated carbocycles. The fraction of sp³-hybridized carbons (Fsp3) is 0.900. The number of fused-ring (bicyclic) bond motifs is 3. The highest BCUT2D eigenvalue weighted by atomic mass is 16.3. The highest BCUT2D eigenvalue weighted by molar-refractivity contribution is 5.17. The molecule has 0 heterocycles. The van der Waals surface area contributed by atoms with Crippen molar-refractivity contribution in [3.63, 3.8) is 0 Å². The first-order chi connectivity index (χ1) is 10.7. The highest BCUT2D eigenvalue weighted by Crippen LogP contribution is 2.66. The Morgan fingerprint density at radius 3 is 2.39 bits per heavy atom. The number of allylic oxidation sites excluding steroid dienone is 1. The molecule has 0 amide bonds. The van der Waals surface area contributed by atoms with Crippen molar-refractivity contribution < 1.29 is 15.3 Å². The van der Waals surface area contributed by atoms with E-state index in [1.165, 1.54) is 0 Å². The van der Waals surface area contributed by atoms with E-state index < -0.39 is 17.1 Å². The number of rotatable bonds is 2. The Balaban J connectivity index is 1.97. The third-order valence-corrected chi connectivity index (χ3v) is 8.40. The third kappa shape index (κ3) is 2.19. The predicted octanol–water partition coefficient (Wildman–Crippen LogP) is 3.28. The summed E-state index contributed by atoms with van der Waals surface area (Å²) in [4.78, 5) is 0. The number of aliphatic hydroxyl groups is 3. The van der Waals surface area contributed by atoms with E-state index in [2.05, 4.69) is 26.5 Å². The smallest absolute Gasteiger partial charge is 0.0781 e. The summed E-state index contributed by atoms with van der Waals surface area (Å²) in [7, 11) is 0. The summed E-state index contributed by atoms with van der Waals surface area (Å²) in [6.45, 7) is 10.4. The molecule has 0 aromatic heterocycles. The average molecular weight is 322 g/mol. The van der Waals surface area contributed by atoms with Crippen LogP contribution in [0.1, 0.15) is 65.7 Å². The lowest BCUT2D eigenvalue weighted by molar-refractivity contribution is -0.266. The minimum absolute atomic E-state index is 0.103. The fourth-order valence-electron chi connectivity index (χ4n) is 6.27. The van der Waals surface area contributed by atoms with Crippen LogP contribution in [0.2, 0.25) is 0 Å². The maximum atomic E-state index is 11.6. The fourth-order valence-corrected chi connectivity index (χ4v) is 6.27. The van der Waals surface area contributed by atoms with Gasteiger partial charge in [-0.25, -0.2) is 0 Å². The Hall–Kier alpha value is -0.380. The molecule has 0 aromatic carbocycles. The Bertz CT molecular complexity index is 491. The Morgan fingerprint density at radius 2 is 1.78 bits per heavy atom. The van der Waals surface area contributed by atoms with Crippen LogP contribution < -0.4 is 0 Å². The van der Waals surface area contributed by atoms with E-state index in [-0.39, 0.29) is 23.4 Å². The second-order valence-electron chi connectivity index (χ2n) is 9.45. The van der Waals surface area contributed by atoms with E-state index in [9.17, 15) is 15.3 Å². The van der Waals surface area contributed by atoms with Gasteiger partial charge in [0.15, 0.2) is 0 Å². The molecule has 3 N–H and O–H groups in total. The van der Waals surface area contributed by atoms with Gasteiger partial charge < -0.3 is 15.3 Å². The number of hydrogen-bond donors (Lipinski definition) is 3. The first-order valence-corrected chi connectivity index (χ1v) is 9.30. The highest BCUT2D eigenvalue weighted by Gasteiger charge is 2.66. The Labute approximate surface area is 140 Å². The lowest BCUT2D eigenvalue weighted by Gasteiger charge is -2.66. The molecule has 3 aliphatic carbocycles. The topological polar surface area (TPSA) is 60.7 Å². The molecule has 3 nitrogen and oxygen atoms in total. The summed E-state index contributed by atoms with van der Waals surface area (Å²) >= 11 is 0. The van der Waals surface area contributed by atoms with Gasteiger partial charge in [-0.2, -0.15) is 0 Å². The molecule has 3 aliphatic rings. The van der Waals surface area contributed by atoms with Crippen LogP contribution in [0.3, 0.4) is 0 Å². The minimum atomic E-state index is -0.952. The van der Waals surface area contributed by atoms with Crippen molar-refractivity contribution in [1.82, 2.24) is 0 Å². The molecule has 0 aromatic rings. The number of aliphatic hydroxyl groups excluding tert-OH is 2. The Morgan fingerprint density at radius 1 is 1.09 bits per heavy atom. The zero-order valence-electron chi connectivity index (χ0n) is 15.0. The van der Waals surface area contributed by atoms with E-state index >= 15 is 0 Å². The molecule has 132 valence electrons. The summed E-state index contributed by atoms with van der Waals surface area (Å²) < 4.78 is 0. The standard InChI is InChI=1S/C20H34O3/c1-5-17(2)10-11-18(3)14(12-17)8-9-20(23)15(18)6-7-16(22)19(20,4)13-21/h5,14-16,21-23H,1,6-13H2,2-4H3. The van der Waals surface area contributed by atoms with Gasteiger partial charge in [-0.05, 0) is 67.6 Å². The normalized spacial score (nSPS) is 56.5. The second-order valence-corrected chi connectivity index (χ2v) is 9.45. The molecular weight excluding hydrogens is 288 g/mol. The van der Waals surface area contributed by atoms with E-state index in [0.717, 1.165) is 32.1 Å². The molecule has 7 atom stereocenters. The van der Waals surface area contributed by atoms with Gasteiger partial charge in [0.05, 0.1) is 18.3 Å². The van der Waals surface area contributed by atoms with Crippen molar-refractivity contribution in [2.24, 2.45) is 28.1 Å². The molecule has 0 radical (unpaired) electrons. The third-order valence-electron chi connectivity index (χ3n) is 8.40. The molecule has 0 aliphatic heterocycles. The molecule has 3 heteroatoms. The van der Waals surface area contributed by atoms with Gasteiger partial charge in [-0.15, -0.1) is 6.58 Å². The van der Waals surface area contributed by atoms with Gasteiger partial charge in [-0.3, -0.25) is 0 Å². The van der Waals surface area contributed by atoms with Crippen molar-refractivity contribution in [3.8, 4) is 0 Å². The maximum absolute atomic E-state index is 11.6. The molecule has 0 saturated heterocycles. The van der Waals surface area contributed by atoms with Crippen molar-refractivity contribution in [2.45, 2.75) is 77.4 Å². The molecule has 3 rings (SSSR count). The van der Waals surface area contributed by atoms with E-state index in [0.29, 0.717) is 18.8 Å². The van der Waals surface area contributed by atoms with Crippen molar-refractivity contribution in [3.05, 3.63) is 12.7 Å². The quantitative estimate of drug-likeness (QED) is 0.684. The van der Waals surface area contributed by atoms with Gasteiger partial charge in [0.25, 0.3) is 0 Å². The van der Waals surface area contributed by atoms with Crippen LogP contribution >= 0.6 is 0 Å². The molecule has 0 spiro atoms. The average Bonchev–Trinajstić information content (AvgIpc) is 2.53. The minimum Gasteiger partial charge on any atom is -0.396 e. The zero-order chi connectivity index (χ0) is 17.1. The van der Waals surface area contributed by atoms with Gasteiger partial charge in [0, 0.05) is 5.41 Å². The number of hydrogen-bond acceptors (Lipinski definition) is 3. The van der Waals surface area contributed by atoms with Crippen LogP contribution in [-0.4, -0.2) is 33.6 Å².